The molecule has 0 fully saturated rings. The summed E-state index contributed by atoms with van der Waals surface area (Å²) in [6.45, 7) is 4.48. The van der Waals surface area contributed by atoms with E-state index in [4.69, 9.17) is 0 Å². The highest BCUT2D eigenvalue weighted by molar-refractivity contribution is 9.10. The van der Waals surface area contributed by atoms with Crippen LogP contribution in [-0.4, -0.2) is 6.54 Å². The molecule has 1 N–H and O–H groups in total. The fraction of sp³-hybridized carbons (Fsp3) is 0.250. The predicted molar refractivity (Wildman–Crippen MR) is 80.8 cm³/mol. The summed E-state index contributed by atoms with van der Waals surface area (Å²) in [6.07, 6.45) is 0. The van der Waals surface area contributed by atoms with Gasteiger partial charge in [-0.25, -0.2) is 8.78 Å². The van der Waals surface area contributed by atoms with Gasteiger partial charge in [0, 0.05) is 10.0 Å². The maximum Gasteiger partial charge on any atom is 0.131 e. The average Bonchev–Trinajstić information content (AvgIpc) is 2.36. The molecule has 2 aromatic carbocycles. The van der Waals surface area contributed by atoms with Crippen LogP contribution in [0.4, 0.5) is 8.78 Å². The Morgan fingerprint density at radius 3 is 2.35 bits per heavy atom. The highest BCUT2D eigenvalue weighted by atomic mass is 79.9. The highest BCUT2D eigenvalue weighted by Gasteiger charge is 2.21. The minimum atomic E-state index is -0.534. The summed E-state index contributed by atoms with van der Waals surface area (Å²) in [7, 11) is 0. The van der Waals surface area contributed by atoms with Crippen molar-refractivity contribution in [3.05, 3.63) is 69.2 Å². The van der Waals surface area contributed by atoms with Gasteiger partial charge in [0.15, 0.2) is 0 Å². The third-order valence-corrected chi connectivity index (χ3v) is 3.55. The first kappa shape index (κ1) is 15.1. The van der Waals surface area contributed by atoms with E-state index in [0.717, 1.165) is 15.6 Å². The summed E-state index contributed by atoms with van der Waals surface area (Å²) in [5, 5.41) is 3.15. The van der Waals surface area contributed by atoms with Crippen LogP contribution in [0.1, 0.15) is 29.7 Å². The summed E-state index contributed by atoms with van der Waals surface area (Å²) in [5.41, 5.74) is 1.93. The Hall–Kier alpha value is -1.26. The van der Waals surface area contributed by atoms with Gasteiger partial charge in [-0.1, -0.05) is 35.0 Å². The highest BCUT2D eigenvalue weighted by Crippen LogP contribution is 2.29. The van der Waals surface area contributed by atoms with Crippen molar-refractivity contribution >= 4 is 15.9 Å². The lowest BCUT2D eigenvalue weighted by Crippen LogP contribution is -2.24. The maximum atomic E-state index is 14.0. The van der Waals surface area contributed by atoms with Crippen molar-refractivity contribution in [2.24, 2.45) is 0 Å². The molecule has 0 heterocycles. The van der Waals surface area contributed by atoms with E-state index in [1.807, 2.05) is 32.0 Å². The zero-order valence-corrected chi connectivity index (χ0v) is 13.0. The molecular formula is C16H16BrF2N. The monoisotopic (exact) mass is 339 g/mol. The lowest BCUT2D eigenvalue weighted by atomic mass is 9.96. The molecule has 0 saturated carbocycles. The van der Waals surface area contributed by atoms with Gasteiger partial charge in [-0.15, -0.1) is 0 Å². The third kappa shape index (κ3) is 3.25. The first-order valence-electron chi connectivity index (χ1n) is 6.47. The molecule has 0 saturated heterocycles. The van der Waals surface area contributed by atoms with Crippen molar-refractivity contribution in [2.75, 3.05) is 6.54 Å². The van der Waals surface area contributed by atoms with Crippen LogP contribution in [0.15, 0.2) is 40.9 Å². The van der Waals surface area contributed by atoms with Gasteiger partial charge in [-0.05, 0) is 48.9 Å². The zero-order chi connectivity index (χ0) is 14.7. The number of hydrogen-bond acceptors (Lipinski definition) is 1. The van der Waals surface area contributed by atoms with Crippen LogP contribution in [0.2, 0.25) is 0 Å². The van der Waals surface area contributed by atoms with Crippen molar-refractivity contribution in [3.8, 4) is 0 Å². The molecule has 0 aliphatic carbocycles. The second-order valence-electron chi connectivity index (χ2n) is 4.69. The Morgan fingerprint density at radius 2 is 1.80 bits per heavy atom. The number of rotatable bonds is 4. The number of aryl methyl sites for hydroxylation is 1. The summed E-state index contributed by atoms with van der Waals surface area (Å²) >= 11 is 3.43. The summed E-state index contributed by atoms with van der Waals surface area (Å²) in [5.74, 6) is -1.07. The van der Waals surface area contributed by atoms with Crippen LogP contribution in [0.3, 0.4) is 0 Å². The standard InChI is InChI=1S/C16H16BrF2N/c1-3-20-16(11-7-10(2)8-12(17)9-11)15-13(18)5-4-6-14(15)19/h4-9,16,20H,3H2,1-2H3. The van der Waals surface area contributed by atoms with Crippen molar-refractivity contribution in [2.45, 2.75) is 19.9 Å². The molecule has 106 valence electrons. The van der Waals surface area contributed by atoms with Crippen LogP contribution in [0.5, 0.6) is 0 Å². The molecular weight excluding hydrogens is 324 g/mol. The number of benzene rings is 2. The zero-order valence-electron chi connectivity index (χ0n) is 11.4. The Balaban J connectivity index is 2.56. The summed E-state index contributed by atoms with van der Waals surface area (Å²) in [6, 6.07) is 9.22. The Bertz CT molecular complexity index is 573. The normalized spacial score (nSPS) is 12.4. The first-order valence-corrected chi connectivity index (χ1v) is 7.26. The van der Waals surface area contributed by atoms with Crippen LogP contribution in [0, 0.1) is 18.6 Å². The quantitative estimate of drug-likeness (QED) is 0.848. The third-order valence-electron chi connectivity index (χ3n) is 3.09. The molecule has 0 aliphatic rings. The van der Waals surface area contributed by atoms with E-state index in [0.29, 0.717) is 6.54 Å². The summed E-state index contributed by atoms with van der Waals surface area (Å²) in [4.78, 5) is 0. The second kappa shape index (κ2) is 6.46. The van der Waals surface area contributed by atoms with Gasteiger partial charge in [0.25, 0.3) is 0 Å². The van der Waals surface area contributed by atoms with Gasteiger partial charge < -0.3 is 5.32 Å². The first-order chi connectivity index (χ1) is 9.52. The fourth-order valence-electron chi connectivity index (χ4n) is 2.31. The van der Waals surface area contributed by atoms with Gasteiger partial charge in [-0.2, -0.15) is 0 Å². The molecule has 2 aromatic rings. The largest absolute Gasteiger partial charge is 0.306 e. The average molecular weight is 340 g/mol. The number of halogens is 3. The van der Waals surface area contributed by atoms with Crippen LogP contribution in [0.25, 0.3) is 0 Å². The molecule has 20 heavy (non-hydrogen) atoms. The molecule has 4 heteroatoms. The molecule has 0 aromatic heterocycles. The Labute approximate surface area is 126 Å². The Morgan fingerprint density at radius 1 is 1.15 bits per heavy atom. The minimum Gasteiger partial charge on any atom is -0.306 e. The lowest BCUT2D eigenvalue weighted by molar-refractivity contribution is 0.510. The van der Waals surface area contributed by atoms with E-state index in [1.165, 1.54) is 18.2 Å². The lowest BCUT2D eigenvalue weighted by Gasteiger charge is -2.21. The van der Waals surface area contributed by atoms with Crippen molar-refractivity contribution in [1.82, 2.24) is 5.32 Å². The molecule has 0 aliphatic heterocycles. The van der Waals surface area contributed by atoms with Gasteiger partial charge in [-0.3, -0.25) is 0 Å². The maximum absolute atomic E-state index is 14.0. The molecule has 1 unspecified atom stereocenters. The molecule has 1 atom stereocenters. The van der Waals surface area contributed by atoms with Gasteiger partial charge in [0.05, 0.1) is 6.04 Å². The van der Waals surface area contributed by atoms with Crippen LogP contribution < -0.4 is 5.32 Å². The van der Waals surface area contributed by atoms with E-state index < -0.39 is 17.7 Å². The van der Waals surface area contributed by atoms with E-state index >= 15 is 0 Å². The van der Waals surface area contributed by atoms with Crippen LogP contribution >= 0.6 is 15.9 Å². The van der Waals surface area contributed by atoms with E-state index in [1.54, 1.807) is 0 Å². The smallest absolute Gasteiger partial charge is 0.131 e. The van der Waals surface area contributed by atoms with Crippen LogP contribution in [-0.2, 0) is 0 Å². The van der Waals surface area contributed by atoms with E-state index in [9.17, 15) is 8.78 Å². The SMILES string of the molecule is CCNC(c1cc(C)cc(Br)c1)c1c(F)cccc1F. The van der Waals surface area contributed by atoms with Crippen molar-refractivity contribution in [3.63, 3.8) is 0 Å². The minimum absolute atomic E-state index is 0.0619. The molecule has 0 radical (unpaired) electrons. The fourth-order valence-corrected chi connectivity index (χ4v) is 2.93. The molecule has 0 bridgehead atoms. The number of nitrogens with one attached hydrogen (secondary N) is 1. The van der Waals surface area contributed by atoms with Gasteiger partial charge in [0.1, 0.15) is 11.6 Å². The molecule has 1 nitrogen and oxygen atoms in total. The second-order valence-corrected chi connectivity index (χ2v) is 5.60. The van der Waals surface area contributed by atoms with E-state index in [2.05, 4.69) is 21.2 Å². The molecule has 0 amide bonds. The van der Waals surface area contributed by atoms with E-state index in [-0.39, 0.29) is 5.56 Å². The Kier molecular flexibility index (Phi) is 4.89. The predicted octanol–water partition coefficient (Wildman–Crippen LogP) is 4.73. The van der Waals surface area contributed by atoms with Gasteiger partial charge in [0.2, 0.25) is 0 Å². The number of hydrogen-bond donors (Lipinski definition) is 1. The molecule has 2 rings (SSSR count). The van der Waals surface area contributed by atoms with Gasteiger partial charge >= 0.3 is 0 Å². The topological polar surface area (TPSA) is 12.0 Å². The van der Waals surface area contributed by atoms with Crippen molar-refractivity contribution < 1.29 is 8.78 Å². The molecule has 0 spiro atoms. The summed E-state index contributed by atoms with van der Waals surface area (Å²) < 4.78 is 28.9. The van der Waals surface area contributed by atoms with Crippen molar-refractivity contribution in [1.29, 1.82) is 0 Å².